The lowest BCUT2D eigenvalue weighted by Gasteiger charge is -2.11. The van der Waals surface area contributed by atoms with Crippen LogP contribution in [0.1, 0.15) is 110 Å². The largest absolute Gasteiger partial charge is 0.0625 e. The maximum absolute atomic E-state index is 3.90. The highest BCUT2D eigenvalue weighted by molar-refractivity contribution is 4.56. The Bertz CT molecular complexity index is 143. The molecule has 0 rings (SSSR count). The molecule has 0 aromatic heterocycles. The van der Waals surface area contributed by atoms with E-state index in [0.717, 1.165) is 18.8 Å². The van der Waals surface area contributed by atoms with Gasteiger partial charge in [0, 0.05) is 0 Å². The lowest BCUT2D eigenvalue weighted by Crippen LogP contribution is -1.95. The molecule has 0 aromatic rings. The van der Waals surface area contributed by atoms with Crippen LogP contribution in [0.3, 0.4) is 0 Å². The van der Waals surface area contributed by atoms with Gasteiger partial charge in [-0.15, -0.1) is 0 Å². The van der Waals surface area contributed by atoms with Crippen LogP contribution < -0.4 is 0 Å². The Morgan fingerprint density at radius 3 is 1.15 bits per heavy atom. The van der Waals surface area contributed by atoms with Gasteiger partial charge in [-0.2, -0.15) is 0 Å². The molecule has 0 amide bonds. The van der Waals surface area contributed by atoms with Crippen LogP contribution in [0.2, 0.25) is 0 Å². The lowest BCUT2D eigenvalue weighted by molar-refractivity contribution is 0.431. The molecule has 0 atom stereocenters. The van der Waals surface area contributed by atoms with Gasteiger partial charge >= 0.3 is 0 Å². The number of hydrogen-bond donors (Lipinski definition) is 0. The van der Waals surface area contributed by atoms with Gasteiger partial charge in [-0.25, -0.2) is 0 Å². The summed E-state index contributed by atoms with van der Waals surface area (Å²) >= 11 is 0. The highest BCUT2D eigenvalue weighted by Gasteiger charge is 2.02. The zero-order valence-corrected chi connectivity index (χ0v) is 14.3. The quantitative estimate of drug-likeness (QED) is 0.256. The average Bonchev–Trinajstić information content (AvgIpc) is 2.45. The molecule has 20 heavy (non-hydrogen) atoms. The minimum absolute atomic E-state index is 0.953. The van der Waals surface area contributed by atoms with E-state index in [1.807, 2.05) is 0 Å². The van der Waals surface area contributed by atoms with Crippen LogP contribution in [0, 0.1) is 19.8 Å². The summed E-state index contributed by atoms with van der Waals surface area (Å²) in [5.74, 6) is 0.953. The van der Waals surface area contributed by atoms with E-state index in [2.05, 4.69) is 20.8 Å². The van der Waals surface area contributed by atoms with Crippen LogP contribution in [-0.4, -0.2) is 0 Å². The third kappa shape index (κ3) is 16.1. The molecule has 0 aliphatic carbocycles. The monoisotopic (exact) mass is 280 g/mol. The molecule has 0 spiro atoms. The summed E-state index contributed by atoms with van der Waals surface area (Å²) in [5.41, 5.74) is 0. The normalized spacial score (nSPS) is 11.4. The fourth-order valence-electron chi connectivity index (χ4n) is 2.90. The van der Waals surface area contributed by atoms with Crippen molar-refractivity contribution in [2.24, 2.45) is 5.92 Å². The van der Waals surface area contributed by atoms with Gasteiger partial charge in [0.25, 0.3) is 0 Å². The minimum Gasteiger partial charge on any atom is -0.0625 e. The van der Waals surface area contributed by atoms with Crippen molar-refractivity contribution in [3.63, 3.8) is 0 Å². The maximum Gasteiger partial charge on any atom is -0.0443 e. The van der Waals surface area contributed by atoms with Crippen molar-refractivity contribution < 1.29 is 0 Å². The van der Waals surface area contributed by atoms with E-state index in [4.69, 9.17) is 0 Å². The van der Waals surface area contributed by atoms with E-state index in [1.54, 1.807) is 0 Å². The smallest absolute Gasteiger partial charge is 0.0443 e. The first-order chi connectivity index (χ1) is 9.81. The summed E-state index contributed by atoms with van der Waals surface area (Å²) in [6, 6.07) is 0. The van der Waals surface area contributed by atoms with E-state index < -0.39 is 0 Å². The van der Waals surface area contributed by atoms with E-state index >= 15 is 0 Å². The van der Waals surface area contributed by atoms with Gasteiger partial charge in [0.2, 0.25) is 0 Å². The summed E-state index contributed by atoms with van der Waals surface area (Å²) in [6.45, 7) is 10.2. The Morgan fingerprint density at radius 1 is 0.500 bits per heavy atom. The van der Waals surface area contributed by atoms with Gasteiger partial charge in [-0.1, -0.05) is 124 Å². The van der Waals surface area contributed by atoms with Gasteiger partial charge in [-0.05, 0) is 5.92 Å². The fraction of sp³-hybridized carbons (Fsp3) is 0.900. The average molecular weight is 281 g/mol. The van der Waals surface area contributed by atoms with E-state index in [1.165, 1.54) is 89.9 Å². The number of hydrogen-bond acceptors (Lipinski definition) is 0. The molecule has 0 fully saturated rings. The first kappa shape index (κ1) is 20.0. The molecule has 2 radical (unpaired) electrons. The Kier molecular flexibility index (Phi) is 17.1. The van der Waals surface area contributed by atoms with Crippen LogP contribution in [0.4, 0.5) is 0 Å². The van der Waals surface area contributed by atoms with Crippen molar-refractivity contribution in [3.8, 4) is 0 Å². The third-order valence-corrected chi connectivity index (χ3v) is 4.39. The highest BCUT2D eigenvalue weighted by Crippen LogP contribution is 2.18. The third-order valence-electron chi connectivity index (χ3n) is 4.39. The Labute approximate surface area is 130 Å². The van der Waals surface area contributed by atoms with E-state index in [0.29, 0.717) is 0 Å². The molecule has 0 bridgehead atoms. The second-order valence-corrected chi connectivity index (χ2v) is 6.63. The zero-order chi connectivity index (χ0) is 14.9. The van der Waals surface area contributed by atoms with Crippen LogP contribution in [0.5, 0.6) is 0 Å². The standard InChI is InChI=1S/C20H40/c1-4-6-8-10-12-14-16-18-20(3)19-17-15-13-11-9-7-5-2/h20H,1-2,4-19H2,3H3. The molecule has 0 aliphatic heterocycles. The van der Waals surface area contributed by atoms with Crippen LogP contribution >= 0.6 is 0 Å². The van der Waals surface area contributed by atoms with E-state index in [9.17, 15) is 0 Å². The molecule has 0 heterocycles. The molecule has 0 unspecified atom stereocenters. The summed E-state index contributed by atoms with van der Waals surface area (Å²) in [5, 5.41) is 0. The second kappa shape index (κ2) is 17.1. The van der Waals surface area contributed by atoms with Crippen molar-refractivity contribution in [3.05, 3.63) is 13.8 Å². The molecule has 0 heteroatoms. The van der Waals surface area contributed by atoms with Crippen LogP contribution in [0.15, 0.2) is 0 Å². The molecule has 120 valence electrons. The minimum atomic E-state index is 0.953. The molecule has 0 aromatic carbocycles. The predicted molar refractivity (Wildman–Crippen MR) is 93.8 cm³/mol. The molecule has 0 saturated heterocycles. The SMILES string of the molecule is [CH2]CCCCCCCCC(C)CCCCCCCC[CH2]. The topological polar surface area (TPSA) is 0 Å². The van der Waals surface area contributed by atoms with Gasteiger partial charge in [0.05, 0.1) is 0 Å². The van der Waals surface area contributed by atoms with Gasteiger partial charge in [-0.3, -0.25) is 0 Å². The van der Waals surface area contributed by atoms with Crippen molar-refractivity contribution >= 4 is 0 Å². The van der Waals surface area contributed by atoms with Crippen molar-refractivity contribution in [2.75, 3.05) is 0 Å². The summed E-state index contributed by atoms with van der Waals surface area (Å²) in [7, 11) is 0. The van der Waals surface area contributed by atoms with Gasteiger partial charge in [0.15, 0.2) is 0 Å². The van der Waals surface area contributed by atoms with Crippen molar-refractivity contribution in [1.82, 2.24) is 0 Å². The van der Waals surface area contributed by atoms with E-state index in [-0.39, 0.29) is 0 Å². The zero-order valence-electron chi connectivity index (χ0n) is 14.3. The number of rotatable bonds is 16. The molecular weight excluding hydrogens is 240 g/mol. The van der Waals surface area contributed by atoms with Crippen molar-refractivity contribution in [2.45, 2.75) is 110 Å². The van der Waals surface area contributed by atoms with Gasteiger partial charge < -0.3 is 0 Å². The first-order valence-electron chi connectivity index (χ1n) is 9.39. The molecule has 0 N–H and O–H groups in total. The molecule has 0 saturated carbocycles. The molecule has 0 aliphatic rings. The van der Waals surface area contributed by atoms with Crippen LogP contribution in [0.25, 0.3) is 0 Å². The maximum atomic E-state index is 3.90. The van der Waals surface area contributed by atoms with Crippen molar-refractivity contribution in [1.29, 1.82) is 0 Å². The Morgan fingerprint density at radius 2 is 0.800 bits per heavy atom. The van der Waals surface area contributed by atoms with Gasteiger partial charge in [0.1, 0.15) is 0 Å². The highest BCUT2D eigenvalue weighted by atomic mass is 14.1. The second-order valence-electron chi connectivity index (χ2n) is 6.63. The summed E-state index contributed by atoms with van der Waals surface area (Å²) in [4.78, 5) is 0. The Hall–Kier alpha value is 0. The molecular formula is C20H40. The lowest BCUT2D eigenvalue weighted by atomic mass is 9.96. The number of unbranched alkanes of at least 4 members (excludes halogenated alkanes) is 12. The predicted octanol–water partition coefficient (Wildman–Crippen LogP) is 7.53. The molecule has 0 nitrogen and oxygen atoms in total. The Balaban J connectivity index is 3.11. The summed E-state index contributed by atoms with van der Waals surface area (Å²) < 4.78 is 0. The fourth-order valence-corrected chi connectivity index (χ4v) is 2.90. The first-order valence-corrected chi connectivity index (χ1v) is 9.39. The summed E-state index contributed by atoms with van der Waals surface area (Å²) in [6.07, 6.45) is 22.1. The van der Waals surface area contributed by atoms with Crippen LogP contribution in [-0.2, 0) is 0 Å².